The summed E-state index contributed by atoms with van der Waals surface area (Å²) in [5, 5.41) is 0. The van der Waals surface area contributed by atoms with E-state index >= 15 is 0 Å². The molecular weight excluding hydrogens is 252 g/mol. The Hall–Kier alpha value is -1.30. The molecule has 0 aromatic heterocycles. The van der Waals surface area contributed by atoms with Crippen molar-refractivity contribution < 1.29 is 0 Å². The van der Waals surface area contributed by atoms with E-state index in [-0.39, 0.29) is 0 Å². The highest BCUT2D eigenvalue weighted by Gasteiger charge is 1.98. The third kappa shape index (κ3) is 8.55. The van der Waals surface area contributed by atoms with Crippen LogP contribution in [0.15, 0.2) is 48.1 Å². The average molecular weight is 287 g/mol. The van der Waals surface area contributed by atoms with Crippen LogP contribution in [0, 0.1) is 0 Å². The zero-order valence-electron chi connectivity index (χ0n) is 14.8. The lowest BCUT2D eigenvalue weighted by Gasteiger charge is -2.06. The lowest BCUT2D eigenvalue weighted by Crippen LogP contribution is -1.84. The summed E-state index contributed by atoms with van der Waals surface area (Å²) < 4.78 is 0. The van der Waals surface area contributed by atoms with Crippen molar-refractivity contribution >= 4 is 5.57 Å². The summed E-state index contributed by atoms with van der Waals surface area (Å²) in [6.45, 7) is 10.8. The van der Waals surface area contributed by atoms with Crippen LogP contribution in [0.2, 0.25) is 0 Å². The topological polar surface area (TPSA) is 0 Å². The maximum atomic E-state index is 2.35. The Bertz CT molecular complexity index is 395. The second kappa shape index (κ2) is 13.7. The van der Waals surface area contributed by atoms with Crippen LogP contribution in [0.3, 0.4) is 0 Å². The summed E-state index contributed by atoms with van der Waals surface area (Å²) >= 11 is 0. The quantitative estimate of drug-likeness (QED) is 0.344. The summed E-state index contributed by atoms with van der Waals surface area (Å²) in [5.74, 6) is 0. The van der Waals surface area contributed by atoms with Crippen LogP contribution in [0.5, 0.6) is 0 Å². The molecule has 1 aromatic rings. The Kier molecular flexibility index (Phi) is 12.8. The molecule has 0 unspecified atom stereocenters. The van der Waals surface area contributed by atoms with Gasteiger partial charge in [-0.05, 0) is 36.8 Å². The molecular formula is C21H34. The fourth-order valence-electron chi connectivity index (χ4n) is 2.27. The molecule has 21 heavy (non-hydrogen) atoms. The smallest absolute Gasteiger partial charge is 0.0225 e. The average Bonchev–Trinajstić information content (AvgIpc) is 2.56. The number of unbranched alkanes of at least 4 members (excludes halogenated alkanes) is 2. The number of hydrogen-bond acceptors (Lipinski definition) is 0. The van der Waals surface area contributed by atoms with Gasteiger partial charge in [-0.15, -0.1) is 0 Å². The van der Waals surface area contributed by atoms with E-state index in [1.165, 1.54) is 43.2 Å². The van der Waals surface area contributed by atoms with Crippen LogP contribution in [0.1, 0.15) is 78.7 Å². The van der Waals surface area contributed by atoms with Crippen molar-refractivity contribution in [3.05, 3.63) is 53.6 Å². The predicted octanol–water partition coefficient (Wildman–Crippen LogP) is 7.42. The molecule has 0 heteroatoms. The molecule has 0 radical (unpaired) electrons. The fraction of sp³-hybridized carbons (Fsp3) is 0.524. The SMILES string of the molecule is CC.CCCCC/C(=C/C=C(\CC)c1ccccc1)CC. The van der Waals surface area contributed by atoms with E-state index in [0.29, 0.717) is 0 Å². The minimum absolute atomic E-state index is 1.09. The molecule has 0 aliphatic carbocycles. The van der Waals surface area contributed by atoms with E-state index in [9.17, 15) is 0 Å². The van der Waals surface area contributed by atoms with Crippen molar-refractivity contribution in [1.82, 2.24) is 0 Å². The first-order chi connectivity index (χ1) is 10.3. The lowest BCUT2D eigenvalue weighted by molar-refractivity contribution is 0.702. The maximum Gasteiger partial charge on any atom is -0.0225 e. The van der Waals surface area contributed by atoms with E-state index in [0.717, 1.165) is 6.42 Å². The van der Waals surface area contributed by atoms with Crippen molar-refractivity contribution in [3.8, 4) is 0 Å². The predicted molar refractivity (Wildman–Crippen MR) is 98.6 cm³/mol. The van der Waals surface area contributed by atoms with Crippen molar-refractivity contribution in [2.45, 2.75) is 73.1 Å². The summed E-state index contributed by atoms with van der Waals surface area (Å²) in [6.07, 6.45) is 12.2. The molecule has 0 N–H and O–H groups in total. The van der Waals surface area contributed by atoms with E-state index in [1.807, 2.05) is 13.8 Å². The van der Waals surface area contributed by atoms with Crippen LogP contribution in [0.4, 0.5) is 0 Å². The second-order valence-electron chi connectivity index (χ2n) is 5.05. The monoisotopic (exact) mass is 286 g/mol. The molecule has 0 saturated carbocycles. The van der Waals surface area contributed by atoms with Crippen LogP contribution < -0.4 is 0 Å². The molecule has 0 fully saturated rings. The lowest BCUT2D eigenvalue weighted by atomic mass is 10.0. The molecule has 0 saturated heterocycles. The molecule has 0 nitrogen and oxygen atoms in total. The largest absolute Gasteiger partial charge is 0.0705 e. The fourth-order valence-corrected chi connectivity index (χ4v) is 2.27. The van der Waals surface area contributed by atoms with Gasteiger partial charge in [-0.2, -0.15) is 0 Å². The summed E-state index contributed by atoms with van der Waals surface area (Å²) in [4.78, 5) is 0. The van der Waals surface area contributed by atoms with Gasteiger partial charge in [0.25, 0.3) is 0 Å². The van der Waals surface area contributed by atoms with Crippen molar-refractivity contribution in [3.63, 3.8) is 0 Å². The molecule has 0 heterocycles. The molecule has 0 aliphatic rings. The number of hydrogen-bond donors (Lipinski definition) is 0. The van der Waals surface area contributed by atoms with E-state index in [4.69, 9.17) is 0 Å². The zero-order valence-corrected chi connectivity index (χ0v) is 14.8. The zero-order chi connectivity index (χ0) is 15.9. The minimum atomic E-state index is 1.09. The molecule has 0 bridgehead atoms. The Morgan fingerprint density at radius 3 is 2.05 bits per heavy atom. The number of benzene rings is 1. The number of allylic oxidation sites excluding steroid dienone is 4. The Balaban J connectivity index is 0.00000191. The molecule has 118 valence electrons. The van der Waals surface area contributed by atoms with Crippen LogP contribution in [0.25, 0.3) is 5.57 Å². The third-order valence-corrected chi connectivity index (χ3v) is 3.60. The molecule has 0 amide bonds. The molecule has 0 atom stereocenters. The van der Waals surface area contributed by atoms with Gasteiger partial charge < -0.3 is 0 Å². The van der Waals surface area contributed by atoms with Gasteiger partial charge in [0.1, 0.15) is 0 Å². The highest BCUT2D eigenvalue weighted by atomic mass is 14.0. The summed E-state index contributed by atoms with van der Waals surface area (Å²) in [6, 6.07) is 10.7. The maximum absolute atomic E-state index is 2.35. The minimum Gasteiger partial charge on any atom is -0.0705 e. The highest BCUT2D eigenvalue weighted by molar-refractivity contribution is 5.66. The van der Waals surface area contributed by atoms with Crippen LogP contribution in [-0.4, -0.2) is 0 Å². The molecule has 0 aliphatic heterocycles. The highest BCUT2D eigenvalue weighted by Crippen LogP contribution is 2.19. The van der Waals surface area contributed by atoms with Gasteiger partial charge in [-0.3, -0.25) is 0 Å². The summed E-state index contributed by atoms with van der Waals surface area (Å²) in [5.41, 5.74) is 4.36. The van der Waals surface area contributed by atoms with E-state index in [1.54, 1.807) is 5.57 Å². The first kappa shape index (κ1) is 19.7. The first-order valence-corrected chi connectivity index (χ1v) is 8.75. The molecule has 1 aromatic carbocycles. The van der Waals surface area contributed by atoms with Crippen LogP contribution >= 0.6 is 0 Å². The standard InChI is InChI=1S/C19H28.C2H6/c1-4-7-9-12-17(5-2)15-16-18(6-3)19-13-10-8-11-14-19;1-2/h8,10-11,13-16H,4-7,9,12H2,1-3H3;1-2H3/b17-15+,18-16+;. The van der Waals surface area contributed by atoms with Gasteiger partial charge >= 0.3 is 0 Å². The normalized spacial score (nSPS) is 11.9. The second-order valence-corrected chi connectivity index (χ2v) is 5.05. The third-order valence-electron chi connectivity index (χ3n) is 3.60. The van der Waals surface area contributed by atoms with Crippen molar-refractivity contribution in [2.24, 2.45) is 0 Å². The molecule has 0 spiro atoms. The van der Waals surface area contributed by atoms with Gasteiger partial charge in [0, 0.05) is 0 Å². The van der Waals surface area contributed by atoms with E-state index in [2.05, 4.69) is 63.3 Å². The number of rotatable bonds is 8. The van der Waals surface area contributed by atoms with Gasteiger partial charge in [-0.1, -0.05) is 95.5 Å². The Morgan fingerprint density at radius 1 is 0.857 bits per heavy atom. The van der Waals surface area contributed by atoms with Gasteiger partial charge in [0.15, 0.2) is 0 Å². The van der Waals surface area contributed by atoms with Crippen LogP contribution in [-0.2, 0) is 0 Å². The van der Waals surface area contributed by atoms with Gasteiger partial charge in [0.2, 0.25) is 0 Å². The molecule has 1 rings (SSSR count). The van der Waals surface area contributed by atoms with Gasteiger partial charge in [-0.25, -0.2) is 0 Å². The van der Waals surface area contributed by atoms with Gasteiger partial charge in [0.05, 0.1) is 0 Å². The first-order valence-electron chi connectivity index (χ1n) is 8.75. The summed E-state index contributed by atoms with van der Waals surface area (Å²) in [7, 11) is 0. The van der Waals surface area contributed by atoms with Crippen molar-refractivity contribution in [1.29, 1.82) is 0 Å². The van der Waals surface area contributed by atoms with E-state index < -0.39 is 0 Å². The Labute approximate surface area is 133 Å². The Morgan fingerprint density at radius 2 is 1.52 bits per heavy atom. The van der Waals surface area contributed by atoms with Crippen molar-refractivity contribution in [2.75, 3.05) is 0 Å².